The molecule has 0 aromatic carbocycles. The van der Waals surface area contributed by atoms with E-state index in [0.717, 1.165) is 23.3 Å². The van der Waals surface area contributed by atoms with Crippen LogP contribution in [0.15, 0.2) is 11.1 Å². The highest BCUT2D eigenvalue weighted by Crippen LogP contribution is 2.32. The van der Waals surface area contributed by atoms with E-state index in [1.165, 1.54) is 0 Å². The van der Waals surface area contributed by atoms with Crippen LogP contribution in [0.4, 0.5) is 0 Å². The zero-order valence-corrected chi connectivity index (χ0v) is 16.0. The number of hydrogen-bond donors (Lipinski definition) is 3. The predicted molar refractivity (Wildman–Crippen MR) is 98.4 cm³/mol. The summed E-state index contributed by atoms with van der Waals surface area (Å²) in [6.07, 6.45) is 2.19. The van der Waals surface area contributed by atoms with Gasteiger partial charge in [0.25, 0.3) is 0 Å². The standard InChI is InChI=1S/C19H27N5O3/c1-11-15(19(26)23-16-5-6-21-12(2)18(11)16)7-17(25)22-9-14-4-3-13(8-20)10-24(14)27/h12-14,16,18,21H,3-7,9-10H2,1-2H3,(H-,22,23,25,26)/p+1. The third-order valence-corrected chi connectivity index (χ3v) is 6.17. The zero-order valence-electron chi connectivity index (χ0n) is 16.0. The van der Waals surface area contributed by atoms with Crippen LogP contribution < -0.4 is 16.0 Å². The molecular weight excluding hydrogens is 346 g/mol. The molecule has 0 radical (unpaired) electrons. The van der Waals surface area contributed by atoms with Gasteiger partial charge in [-0.1, -0.05) is 5.57 Å². The Morgan fingerprint density at radius 2 is 2.15 bits per heavy atom. The molecule has 5 atom stereocenters. The Balaban J connectivity index is 1.58. The minimum absolute atomic E-state index is 0.0278. The Labute approximate surface area is 159 Å². The molecule has 146 valence electrons. The van der Waals surface area contributed by atoms with Crippen LogP contribution in [0.25, 0.3) is 0 Å². The second-order valence-electron chi connectivity index (χ2n) is 7.94. The molecule has 8 heteroatoms. The van der Waals surface area contributed by atoms with Gasteiger partial charge < -0.3 is 16.0 Å². The highest BCUT2D eigenvalue weighted by molar-refractivity contribution is 6.00. The second-order valence-corrected chi connectivity index (χ2v) is 7.94. The number of carbonyl (C=O) groups is 2. The molecule has 0 aliphatic carbocycles. The van der Waals surface area contributed by atoms with Gasteiger partial charge in [-0.3, -0.25) is 9.59 Å². The van der Waals surface area contributed by atoms with Gasteiger partial charge >= 0.3 is 0 Å². The van der Waals surface area contributed by atoms with Crippen molar-refractivity contribution in [2.45, 2.75) is 57.7 Å². The Kier molecular flexibility index (Phi) is 5.90. The Morgan fingerprint density at radius 3 is 2.85 bits per heavy atom. The van der Waals surface area contributed by atoms with Crippen LogP contribution in [0.5, 0.6) is 0 Å². The molecule has 5 unspecified atom stereocenters. The average Bonchev–Trinajstić information content (AvgIpc) is 2.63. The highest BCUT2D eigenvalue weighted by atomic mass is 16.3. The van der Waals surface area contributed by atoms with E-state index in [4.69, 9.17) is 5.26 Å². The molecule has 0 spiro atoms. The van der Waals surface area contributed by atoms with Crippen molar-refractivity contribution in [3.63, 3.8) is 0 Å². The largest absolute Gasteiger partial charge is 0.349 e. The Morgan fingerprint density at radius 1 is 1.37 bits per heavy atom. The van der Waals surface area contributed by atoms with Gasteiger partial charge in [-0.25, -0.2) is 0 Å². The molecule has 3 aliphatic rings. The smallest absolute Gasteiger partial charge is 0.247 e. The van der Waals surface area contributed by atoms with Crippen molar-refractivity contribution in [3.05, 3.63) is 16.1 Å². The monoisotopic (exact) mass is 374 g/mol. The molecule has 0 saturated carbocycles. The molecule has 8 nitrogen and oxygen atoms in total. The van der Waals surface area contributed by atoms with Gasteiger partial charge in [0.2, 0.25) is 24.4 Å². The van der Waals surface area contributed by atoms with Crippen LogP contribution >= 0.6 is 0 Å². The lowest BCUT2D eigenvalue weighted by molar-refractivity contribution is -0.598. The fourth-order valence-electron chi connectivity index (χ4n) is 4.57. The van der Waals surface area contributed by atoms with E-state index in [0.29, 0.717) is 18.4 Å². The quantitative estimate of drug-likeness (QED) is 0.616. The summed E-state index contributed by atoms with van der Waals surface area (Å²) in [6.45, 7) is 5.38. The van der Waals surface area contributed by atoms with Crippen molar-refractivity contribution in [1.29, 1.82) is 5.26 Å². The first kappa shape index (κ1) is 19.5. The van der Waals surface area contributed by atoms with E-state index in [9.17, 15) is 14.5 Å². The van der Waals surface area contributed by atoms with E-state index < -0.39 is 0 Å². The summed E-state index contributed by atoms with van der Waals surface area (Å²) in [5.41, 5.74) is 1.52. The van der Waals surface area contributed by atoms with Crippen LogP contribution in [-0.2, 0) is 9.59 Å². The molecule has 2 amide bonds. The normalized spacial score (nSPS) is 33.7. The molecule has 2 fully saturated rings. The van der Waals surface area contributed by atoms with E-state index >= 15 is 0 Å². The van der Waals surface area contributed by atoms with Crippen LogP contribution in [0.3, 0.4) is 0 Å². The maximum atomic E-state index is 12.5. The van der Waals surface area contributed by atoms with Crippen LogP contribution in [-0.4, -0.2) is 54.3 Å². The lowest BCUT2D eigenvalue weighted by Crippen LogP contribution is -2.57. The van der Waals surface area contributed by atoms with Gasteiger partial charge in [-0.05, 0) is 33.2 Å². The van der Waals surface area contributed by atoms with Gasteiger partial charge in [0.05, 0.1) is 19.0 Å². The first-order chi connectivity index (χ1) is 12.9. The van der Waals surface area contributed by atoms with Crippen LogP contribution in [0.1, 0.15) is 39.5 Å². The Hall–Kier alpha value is -2.27. The van der Waals surface area contributed by atoms with E-state index in [-0.39, 0.29) is 61.3 Å². The molecule has 2 saturated heterocycles. The number of nitroso groups, excluding NO2 is 1. The molecule has 0 bridgehead atoms. The van der Waals surface area contributed by atoms with Gasteiger partial charge in [0.15, 0.2) is 0 Å². The molecule has 3 heterocycles. The van der Waals surface area contributed by atoms with Crippen molar-refractivity contribution < 1.29 is 14.3 Å². The number of rotatable bonds is 4. The summed E-state index contributed by atoms with van der Waals surface area (Å²) in [4.78, 5) is 36.9. The zero-order chi connectivity index (χ0) is 19.6. The third-order valence-electron chi connectivity index (χ3n) is 6.17. The summed E-state index contributed by atoms with van der Waals surface area (Å²) in [7, 11) is 0. The summed E-state index contributed by atoms with van der Waals surface area (Å²) in [6, 6.07) is 2.21. The number of nitrogens with one attached hydrogen (secondary N) is 3. The predicted octanol–water partition coefficient (Wildman–Crippen LogP) is 0.387. The van der Waals surface area contributed by atoms with Crippen molar-refractivity contribution >= 4 is 11.8 Å². The van der Waals surface area contributed by atoms with E-state index in [2.05, 4.69) is 28.9 Å². The van der Waals surface area contributed by atoms with Crippen LogP contribution in [0.2, 0.25) is 0 Å². The number of nitrogens with zero attached hydrogens (tertiary/aromatic N) is 2. The molecule has 0 aromatic heterocycles. The number of fused-ring (bicyclic) bond motifs is 1. The summed E-state index contributed by atoms with van der Waals surface area (Å²) in [5, 5.41) is 18.2. The summed E-state index contributed by atoms with van der Waals surface area (Å²) >= 11 is 0. The number of carbonyl (C=O) groups excluding carboxylic acids is 2. The topological polar surface area (TPSA) is 114 Å². The lowest BCUT2D eigenvalue weighted by atomic mass is 9.76. The van der Waals surface area contributed by atoms with Crippen LogP contribution in [0, 0.1) is 28.1 Å². The number of amides is 2. The van der Waals surface area contributed by atoms with Gasteiger partial charge in [-0.15, -0.1) is 0 Å². The maximum absolute atomic E-state index is 12.5. The number of nitriles is 1. The first-order valence-electron chi connectivity index (χ1n) is 9.74. The fourth-order valence-corrected chi connectivity index (χ4v) is 4.57. The van der Waals surface area contributed by atoms with Crippen molar-refractivity contribution in [1.82, 2.24) is 16.0 Å². The van der Waals surface area contributed by atoms with Gasteiger partial charge in [-0.2, -0.15) is 5.26 Å². The number of piperidine rings is 2. The number of hydrogen-bond acceptors (Lipinski definition) is 5. The third kappa shape index (κ3) is 4.19. The average molecular weight is 374 g/mol. The van der Waals surface area contributed by atoms with Gasteiger partial charge in [0, 0.05) is 39.7 Å². The van der Waals surface area contributed by atoms with E-state index in [1.807, 2.05) is 6.92 Å². The van der Waals surface area contributed by atoms with Crippen molar-refractivity contribution in [2.24, 2.45) is 11.8 Å². The molecule has 3 N–H and O–H groups in total. The molecule has 3 aliphatic heterocycles. The first-order valence-corrected chi connectivity index (χ1v) is 9.74. The molecular formula is C19H28N5O3+. The molecule has 3 rings (SSSR count). The minimum Gasteiger partial charge on any atom is -0.349 e. The molecule has 0 aromatic rings. The molecule has 27 heavy (non-hydrogen) atoms. The maximum Gasteiger partial charge on any atom is 0.247 e. The SMILES string of the molecule is CC1=C(CC(=O)NCC2CCC(C#N)C[N+]2=O)C(=O)NC2CCNC(C)C12. The van der Waals surface area contributed by atoms with Crippen molar-refractivity contribution in [2.75, 3.05) is 19.6 Å². The fraction of sp³-hybridized carbons (Fsp3) is 0.737. The minimum atomic E-state index is -0.305. The lowest BCUT2D eigenvalue weighted by Gasteiger charge is -2.42. The second kappa shape index (κ2) is 8.17. The Bertz CT molecular complexity index is 711. The van der Waals surface area contributed by atoms with Gasteiger partial charge in [0.1, 0.15) is 5.92 Å². The summed E-state index contributed by atoms with van der Waals surface area (Å²) in [5.74, 6) is -0.423. The highest BCUT2D eigenvalue weighted by Gasteiger charge is 2.39. The van der Waals surface area contributed by atoms with Crippen molar-refractivity contribution in [3.8, 4) is 6.07 Å². The van der Waals surface area contributed by atoms with E-state index in [1.54, 1.807) is 0 Å². The summed E-state index contributed by atoms with van der Waals surface area (Å²) < 4.78 is 0.898.